The SMILES string of the molecule is C[C@@H](CCc1ccccc1)NC(=O)CN(c1cc(Cl)ccc1Cl)S(=O)(=O)c1ccccc1. The van der Waals surface area contributed by atoms with Gasteiger partial charge in [0, 0.05) is 11.1 Å². The van der Waals surface area contributed by atoms with E-state index < -0.39 is 22.5 Å². The molecular formula is C24H24Cl2N2O3S. The summed E-state index contributed by atoms with van der Waals surface area (Å²) in [6.45, 7) is 1.47. The molecule has 1 amide bonds. The van der Waals surface area contributed by atoms with Crippen LogP contribution in [0.15, 0.2) is 83.8 Å². The van der Waals surface area contributed by atoms with Crippen molar-refractivity contribution in [3.8, 4) is 0 Å². The number of sulfonamides is 1. The van der Waals surface area contributed by atoms with Crippen molar-refractivity contribution in [2.24, 2.45) is 0 Å². The average Bonchev–Trinajstić information content (AvgIpc) is 2.79. The number of hydrogen-bond acceptors (Lipinski definition) is 3. The normalized spacial score (nSPS) is 12.2. The first-order valence-corrected chi connectivity index (χ1v) is 12.3. The molecule has 32 heavy (non-hydrogen) atoms. The van der Waals surface area contributed by atoms with Crippen LogP contribution in [-0.2, 0) is 21.2 Å². The number of nitrogens with one attached hydrogen (secondary N) is 1. The Balaban J connectivity index is 1.79. The van der Waals surface area contributed by atoms with E-state index in [4.69, 9.17) is 23.2 Å². The average molecular weight is 491 g/mol. The van der Waals surface area contributed by atoms with E-state index in [9.17, 15) is 13.2 Å². The van der Waals surface area contributed by atoms with Gasteiger partial charge in [-0.1, -0.05) is 71.7 Å². The van der Waals surface area contributed by atoms with Crippen LogP contribution in [0.4, 0.5) is 5.69 Å². The van der Waals surface area contributed by atoms with Crippen LogP contribution in [0.3, 0.4) is 0 Å². The van der Waals surface area contributed by atoms with E-state index in [1.165, 1.54) is 29.8 Å². The third-order valence-electron chi connectivity index (χ3n) is 4.91. The highest BCUT2D eigenvalue weighted by Crippen LogP contribution is 2.32. The first-order chi connectivity index (χ1) is 15.3. The monoisotopic (exact) mass is 490 g/mol. The predicted octanol–water partition coefficient (Wildman–Crippen LogP) is 5.33. The minimum Gasteiger partial charge on any atom is -0.352 e. The van der Waals surface area contributed by atoms with Crippen molar-refractivity contribution < 1.29 is 13.2 Å². The Morgan fingerprint density at radius 1 is 0.969 bits per heavy atom. The number of carbonyl (C=O) groups excluding carboxylic acids is 1. The Morgan fingerprint density at radius 2 is 1.59 bits per heavy atom. The Labute approximate surface area is 199 Å². The topological polar surface area (TPSA) is 66.5 Å². The molecule has 0 saturated heterocycles. The van der Waals surface area contributed by atoms with E-state index in [-0.39, 0.29) is 21.6 Å². The number of aryl methyl sites for hydroxylation is 1. The highest BCUT2D eigenvalue weighted by Gasteiger charge is 2.29. The molecule has 0 aliphatic rings. The maximum atomic E-state index is 13.4. The molecule has 3 rings (SSSR count). The van der Waals surface area contributed by atoms with Gasteiger partial charge in [0.15, 0.2) is 0 Å². The number of carbonyl (C=O) groups is 1. The molecule has 8 heteroatoms. The zero-order valence-corrected chi connectivity index (χ0v) is 19.9. The molecule has 0 radical (unpaired) electrons. The van der Waals surface area contributed by atoms with Gasteiger partial charge in [-0.15, -0.1) is 0 Å². The fourth-order valence-electron chi connectivity index (χ4n) is 3.25. The highest BCUT2D eigenvalue weighted by atomic mass is 35.5. The third-order valence-corrected chi connectivity index (χ3v) is 7.24. The molecule has 0 fully saturated rings. The van der Waals surface area contributed by atoms with Gasteiger partial charge in [-0.25, -0.2) is 8.42 Å². The Hall–Kier alpha value is -2.54. The van der Waals surface area contributed by atoms with Gasteiger partial charge in [0.25, 0.3) is 10.0 Å². The summed E-state index contributed by atoms with van der Waals surface area (Å²) in [5.41, 5.74) is 1.32. The first kappa shape index (κ1) is 24.1. The lowest BCUT2D eigenvalue weighted by Gasteiger charge is -2.26. The smallest absolute Gasteiger partial charge is 0.264 e. The molecule has 168 valence electrons. The Kier molecular flexibility index (Phi) is 8.18. The van der Waals surface area contributed by atoms with Crippen molar-refractivity contribution in [3.63, 3.8) is 0 Å². The molecule has 1 N–H and O–H groups in total. The second-order valence-electron chi connectivity index (χ2n) is 7.41. The molecule has 0 aliphatic carbocycles. The van der Waals surface area contributed by atoms with Crippen LogP contribution in [0.1, 0.15) is 18.9 Å². The number of halogens is 2. The highest BCUT2D eigenvalue weighted by molar-refractivity contribution is 7.92. The van der Waals surface area contributed by atoms with Crippen molar-refractivity contribution >= 4 is 44.8 Å². The van der Waals surface area contributed by atoms with E-state index in [1.807, 2.05) is 37.3 Å². The molecule has 0 aliphatic heterocycles. The molecule has 5 nitrogen and oxygen atoms in total. The minimum atomic E-state index is -4.05. The van der Waals surface area contributed by atoms with Crippen LogP contribution in [-0.4, -0.2) is 26.9 Å². The van der Waals surface area contributed by atoms with E-state index in [2.05, 4.69) is 5.32 Å². The van der Waals surface area contributed by atoms with Gasteiger partial charge in [0.05, 0.1) is 15.6 Å². The van der Waals surface area contributed by atoms with Crippen molar-refractivity contribution in [1.29, 1.82) is 0 Å². The van der Waals surface area contributed by atoms with Gasteiger partial charge in [-0.2, -0.15) is 0 Å². The summed E-state index contributed by atoms with van der Waals surface area (Å²) in [6, 6.07) is 22.2. The summed E-state index contributed by atoms with van der Waals surface area (Å²) in [5, 5.41) is 3.38. The maximum Gasteiger partial charge on any atom is 0.264 e. The lowest BCUT2D eigenvalue weighted by Crippen LogP contribution is -2.43. The van der Waals surface area contributed by atoms with Crippen LogP contribution < -0.4 is 9.62 Å². The third kappa shape index (κ3) is 6.25. The Morgan fingerprint density at radius 3 is 2.25 bits per heavy atom. The zero-order chi connectivity index (χ0) is 23.1. The summed E-state index contributed by atoms with van der Waals surface area (Å²) >= 11 is 12.4. The standard InChI is InChI=1S/C24H24Cl2N2O3S/c1-18(12-13-19-8-4-2-5-9-19)27-24(29)17-28(23-16-20(25)14-15-22(23)26)32(30,31)21-10-6-3-7-11-21/h2-11,14-16,18H,12-13,17H2,1H3,(H,27,29)/t18-/m0/s1. The minimum absolute atomic E-state index is 0.0565. The molecule has 3 aromatic carbocycles. The number of nitrogens with zero attached hydrogens (tertiary/aromatic N) is 1. The van der Waals surface area contributed by atoms with Gasteiger partial charge in [-0.3, -0.25) is 9.10 Å². The van der Waals surface area contributed by atoms with Crippen molar-refractivity contribution in [1.82, 2.24) is 5.32 Å². The summed E-state index contributed by atoms with van der Waals surface area (Å²) in [4.78, 5) is 12.9. The van der Waals surface area contributed by atoms with Crippen molar-refractivity contribution in [3.05, 3.63) is 94.5 Å². The fourth-order valence-corrected chi connectivity index (χ4v) is 5.14. The second kappa shape index (κ2) is 10.9. The van der Waals surface area contributed by atoms with Crippen molar-refractivity contribution in [2.75, 3.05) is 10.8 Å². The molecule has 0 saturated carbocycles. The van der Waals surface area contributed by atoms with Gasteiger partial charge in [0.2, 0.25) is 5.91 Å². The number of benzene rings is 3. The van der Waals surface area contributed by atoms with Crippen LogP contribution in [0.5, 0.6) is 0 Å². The molecule has 1 atom stereocenters. The van der Waals surface area contributed by atoms with Gasteiger partial charge in [0.1, 0.15) is 6.54 Å². The van der Waals surface area contributed by atoms with Gasteiger partial charge >= 0.3 is 0 Å². The van der Waals surface area contributed by atoms with E-state index in [0.29, 0.717) is 5.02 Å². The lowest BCUT2D eigenvalue weighted by atomic mass is 10.1. The second-order valence-corrected chi connectivity index (χ2v) is 10.1. The maximum absolute atomic E-state index is 13.4. The van der Waals surface area contributed by atoms with Crippen LogP contribution >= 0.6 is 23.2 Å². The zero-order valence-electron chi connectivity index (χ0n) is 17.5. The molecule has 0 unspecified atom stereocenters. The number of hydrogen-bond donors (Lipinski definition) is 1. The van der Waals surface area contributed by atoms with E-state index >= 15 is 0 Å². The predicted molar refractivity (Wildman–Crippen MR) is 130 cm³/mol. The van der Waals surface area contributed by atoms with E-state index in [0.717, 1.165) is 17.1 Å². The molecule has 0 bridgehead atoms. The molecule has 0 spiro atoms. The van der Waals surface area contributed by atoms with Crippen LogP contribution in [0, 0.1) is 0 Å². The Bertz CT molecular complexity index is 1160. The quantitative estimate of drug-likeness (QED) is 0.440. The molecule has 0 heterocycles. The van der Waals surface area contributed by atoms with Gasteiger partial charge < -0.3 is 5.32 Å². The van der Waals surface area contributed by atoms with Gasteiger partial charge in [-0.05, 0) is 55.7 Å². The molecule has 0 aromatic heterocycles. The number of anilines is 1. The summed E-state index contributed by atoms with van der Waals surface area (Å²) in [7, 11) is -4.05. The first-order valence-electron chi connectivity index (χ1n) is 10.1. The molecular weight excluding hydrogens is 467 g/mol. The molecule has 3 aromatic rings. The number of rotatable bonds is 9. The van der Waals surface area contributed by atoms with Crippen LogP contribution in [0.2, 0.25) is 10.0 Å². The van der Waals surface area contributed by atoms with Crippen molar-refractivity contribution in [2.45, 2.75) is 30.7 Å². The summed E-state index contributed by atoms with van der Waals surface area (Å²) in [5.74, 6) is -0.430. The summed E-state index contributed by atoms with van der Waals surface area (Å²) in [6.07, 6.45) is 1.52. The van der Waals surface area contributed by atoms with E-state index in [1.54, 1.807) is 24.3 Å². The fraction of sp³-hybridized carbons (Fsp3) is 0.208. The largest absolute Gasteiger partial charge is 0.352 e. The summed E-state index contributed by atoms with van der Waals surface area (Å²) < 4.78 is 27.7. The lowest BCUT2D eigenvalue weighted by molar-refractivity contribution is -0.120. The van der Waals surface area contributed by atoms with Crippen LogP contribution in [0.25, 0.3) is 0 Å². The number of amides is 1.